The van der Waals surface area contributed by atoms with Gasteiger partial charge in [-0.2, -0.15) is 0 Å². The molecule has 3 unspecified atom stereocenters. The minimum absolute atomic E-state index is 0.0248. The maximum absolute atomic E-state index is 11.8. The highest BCUT2D eigenvalue weighted by Crippen LogP contribution is 2.64. The summed E-state index contributed by atoms with van der Waals surface area (Å²) in [5.74, 6) is -0.280. The molecule has 8 rings (SSSR count). The molecule has 0 N–H and O–H groups in total. The molecule has 53 heavy (non-hydrogen) atoms. The Balaban J connectivity index is 0.000000242. The van der Waals surface area contributed by atoms with E-state index >= 15 is 0 Å². The standard InChI is InChI=1S/C36H27S2.C10H16O4S/c1-4-10-28(11-5-1)30-16-20-32(21-17-30)37-33-22-26-36(27-23-33)38(34-14-8-3-9-15-34)35-24-18-31(19-25-35)29-12-6-2-7-13-29;1-9(2)7-3-4-10(9,8(11)5-7)6-15(12,13)14/h1-27H;7H,3-6H2,1-2H3,(H,12,13,14)/q+1;/p-1. The van der Waals surface area contributed by atoms with Gasteiger partial charge >= 0.3 is 0 Å². The van der Waals surface area contributed by atoms with Crippen LogP contribution in [0.25, 0.3) is 22.3 Å². The van der Waals surface area contributed by atoms with E-state index in [4.69, 9.17) is 0 Å². The maximum Gasteiger partial charge on any atom is 0.166 e. The van der Waals surface area contributed by atoms with E-state index in [1.807, 2.05) is 13.8 Å². The number of rotatable bonds is 9. The van der Waals surface area contributed by atoms with Gasteiger partial charge in [-0.05, 0) is 119 Å². The lowest BCUT2D eigenvalue weighted by molar-refractivity contribution is -0.128. The van der Waals surface area contributed by atoms with E-state index in [1.54, 1.807) is 11.8 Å². The molecule has 6 aromatic carbocycles. The van der Waals surface area contributed by atoms with Crippen molar-refractivity contribution in [3.05, 3.63) is 164 Å². The minimum atomic E-state index is -4.33. The van der Waals surface area contributed by atoms with Gasteiger partial charge < -0.3 is 4.55 Å². The molecular weight excluding hydrogens is 713 g/mol. The Morgan fingerprint density at radius 3 is 1.43 bits per heavy atom. The predicted molar refractivity (Wildman–Crippen MR) is 216 cm³/mol. The van der Waals surface area contributed by atoms with Gasteiger partial charge in [0.2, 0.25) is 0 Å². The molecule has 4 nitrogen and oxygen atoms in total. The Morgan fingerprint density at radius 1 is 0.604 bits per heavy atom. The fourth-order valence-corrected chi connectivity index (χ4v) is 12.1. The van der Waals surface area contributed by atoms with Gasteiger partial charge in [0, 0.05) is 21.6 Å². The summed E-state index contributed by atoms with van der Waals surface area (Å²) in [5.41, 5.74) is 3.77. The molecule has 3 atom stereocenters. The summed E-state index contributed by atoms with van der Waals surface area (Å²) in [6, 6.07) is 59.0. The molecule has 0 aliphatic heterocycles. The second-order valence-electron chi connectivity index (χ2n) is 14.3. The smallest absolute Gasteiger partial charge is 0.166 e. The van der Waals surface area contributed by atoms with E-state index in [0.29, 0.717) is 12.8 Å². The average molecular weight is 755 g/mol. The van der Waals surface area contributed by atoms with Gasteiger partial charge in [0.15, 0.2) is 14.7 Å². The lowest BCUT2D eigenvalue weighted by Gasteiger charge is -2.37. The Kier molecular flexibility index (Phi) is 10.8. The summed E-state index contributed by atoms with van der Waals surface area (Å²) in [4.78, 5) is 18.3. The molecule has 0 heterocycles. The lowest BCUT2D eigenvalue weighted by Crippen LogP contribution is -2.42. The predicted octanol–water partition coefficient (Wildman–Crippen LogP) is 11.2. The molecule has 2 saturated carbocycles. The second-order valence-corrected chi connectivity index (χ2v) is 18.9. The first kappa shape index (κ1) is 36.9. The number of carbonyl (C=O) groups excluding carboxylic acids is 1. The van der Waals surface area contributed by atoms with E-state index in [0.717, 1.165) is 6.42 Å². The van der Waals surface area contributed by atoms with E-state index in [9.17, 15) is 17.8 Å². The van der Waals surface area contributed by atoms with Crippen molar-refractivity contribution in [3.8, 4) is 22.3 Å². The highest BCUT2D eigenvalue weighted by atomic mass is 32.2. The zero-order valence-corrected chi connectivity index (χ0v) is 32.3. The van der Waals surface area contributed by atoms with Gasteiger partial charge in [-0.3, -0.25) is 4.79 Å². The third-order valence-electron chi connectivity index (χ3n) is 11.0. The fraction of sp³-hybridized carbons (Fsp3) is 0.196. The Bertz CT molecular complexity index is 2260. The number of carbonyl (C=O) groups is 1. The molecule has 2 aliphatic carbocycles. The largest absolute Gasteiger partial charge is 0.748 e. The van der Waals surface area contributed by atoms with Crippen molar-refractivity contribution in [2.24, 2.45) is 16.7 Å². The van der Waals surface area contributed by atoms with Crippen LogP contribution in [0.2, 0.25) is 0 Å². The molecular formula is C46H42O4S3. The van der Waals surface area contributed by atoms with E-state index < -0.39 is 21.3 Å². The molecule has 2 aliphatic rings. The summed E-state index contributed by atoms with van der Waals surface area (Å²) in [7, 11) is -4.49. The van der Waals surface area contributed by atoms with Crippen LogP contribution in [0, 0.1) is 16.7 Å². The number of hydrogen-bond acceptors (Lipinski definition) is 5. The maximum atomic E-state index is 11.8. The average Bonchev–Trinajstić information content (AvgIpc) is 3.51. The van der Waals surface area contributed by atoms with Crippen LogP contribution >= 0.6 is 11.8 Å². The highest BCUT2D eigenvalue weighted by Gasteiger charge is 2.64. The van der Waals surface area contributed by atoms with Crippen LogP contribution in [-0.2, 0) is 25.8 Å². The summed E-state index contributed by atoms with van der Waals surface area (Å²) >= 11 is 1.81. The normalized spacial score (nSPS) is 19.3. The Morgan fingerprint density at radius 2 is 1.00 bits per heavy atom. The van der Waals surface area contributed by atoms with Gasteiger partial charge in [-0.15, -0.1) is 0 Å². The molecule has 0 amide bonds. The van der Waals surface area contributed by atoms with E-state index in [-0.39, 0.29) is 28.0 Å². The van der Waals surface area contributed by atoms with Crippen LogP contribution in [0.4, 0.5) is 0 Å². The van der Waals surface area contributed by atoms with E-state index in [2.05, 4.69) is 164 Å². The van der Waals surface area contributed by atoms with Crippen molar-refractivity contribution in [2.45, 2.75) is 57.6 Å². The number of fused-ring (bicyclic) bond motifs is 2. The van der Waals surface area contributed by atoms with Crippen molar-refractivity contribution in [1.29, 1.82) is 0 Å². The highest BCUT2D eigenvalue weighted by molar-refractivity contribution is 7.99. The molecule has 0 aromatic heterocycles. The van der Waals surface area contributed by atoms with E-state index in [1.165, 1.54) is 46.7 Å². The monoisotopic (exact) mass is 754 g/mol. The van der Waals surface area contributed by atoms with Crippen molar-refractivity contribution in [3.63, 3.8) is 0 Å². The topological polar surface area (TPSA) is 74.3 Å². The van der Waals surface area contributed by atoms with Gasteiger partial charge in [-0.25, -0.2) is 8.42 Å². The fourth-order valence-electron chi connectivity index (χ4n) is 7.91. The Labute approximate surface area is 320 Å². The molecule has 0 radical (unpaired) electrons. The first-order chi connectivity index (χ1) is 25.5. The van der Waals surface area contributed by atoms with Crippen molar-refractivity contribution in [1.82, 2.24) is 0 Å². The summed E-state index contributed by atoms with van der Waals surface area (Å²) in [6.45, 7) is 3.83. The van der Waals surface area contributed by atoms with Crippen LogP contribution < -0.4 is 0 Å². The van der Waals surface area contributed by atoms with Crippen LogP contribution in [-0.4, -0.2) is 24.5 Å². The summed E-state index contributed by atoms with van der Waals surface area (Å²) < 4.78 is 32.7. The van der Waals surface area contributed by atoms with Crippen LogP contribution in [0.15, 0.2) is 188 Å². The van der Waals surface area contributed by atoms with Gasteiger partial charge in [-0.1, -0.05) is 117 Å². The summed E-state index contributed by atoms with van der Waals surface area (Å²) in [6.07, 6.45) is 1.88. The zero-order chi connectivity index (χ0) is 37.1. The summed E-state index contributed by atoms with van der Waals surface area (Å²) in [5, 5.41) is 0. The van der Waals surface area contributed by atoms with Crippen molar-refractivity contribution in [2.75, 3.05) is 5.75 Å². The molecule has 2 bridgehead atoms. The molecule has 6 aromatic rings. The first-order valence-corrected chi connectivity index (χ1v) is 21.5. The third kappa shape index (κ3) is 8.09. The number of benzene rings is 6. The zero-order valence-electron chi connectivity index (χ0n) is 29.9. The van der Waals surface area contributed by atoms with Crippen LogP contribution in [0.3, 0.4) is 0 Å². The van der Waals surface area contributed by atoms with Crippen LogP contribution in [0.1, 0.15) is 33.1 Å². The number of Topliss-reactive ketones (excluding diaryl/α,β-unsaturated/α-hetero) is 1. The number of hydrogen-bond donors (Lipinski definition) is 0. The molecule has 7 heteroatoms. The molecule has 2 fully saturated rings. The Hall–Kier alpha value is -4.40. The van der Waals surface area contributed by atoms with Gasteiger partial charge in [0.25, 0.3) is 0 Å². The lowest BCUT2D eigenvalue weighted by atomic mass is 9.70. The molecule has 0 spiro atoms. The SMILES string of the molecule is CC1(C)C2CCC1(CS(=O)(=O)[O-])C(=O)C2.c1ccc(-c2ccc(Sc3ccc([S+](c4ccccc4)c4ccc(-c5ccccc5)cc4)cc3)cc2)cc1. The van der Waals surface area contributed by atoms with Crippen LogP contribution in [0.5, 0.6) is 0 Å². The van der Waals surface area contributed by atoms with Crippen molar-refractivity contribution >= 4 is 38.6 Å². The number of ketones is 1. The third-order valence-corrected chi connectivity index (χ3v) is 15.1. The second kappa shape index (κ2) is 15.5. The first-order valence-electron chi connectivity index (χ1n) is 17.9. The van der Waals surface area contributed by atoms with Gasteiger partial charge in [0.1, 0.15) is 5.78 Å². The van der Waals surface area contributed by atoms with Gasteiger partial charge in [0.05, 0.1) is 26.8 Å². The quantitative estimate of drug-likeness (QED) is 0.109. The molecule has 0 saturated heterocycles. The molecule has 268 valence electrons. The minimum Gasteiger partial charge on any atom is -0.748 e. The van der Waals surface area contributed by atoms with Crippen molar-refractivity contribution < 1.29 is 17.8 Å².